The summed E-state index contributed by atoms with van der Waals surface area (Å²) in [5, 5.41) is 14.2. The molecule has 2 amide bonds. The molecule has 0 radical (unpaired) electrons. The van der Waals surface area contributed by atoms with E-state index in [0.717, 1.165) is 27.5 Å². The molecule has 196 valence electrons. The van der Waals surface area contributed by atoms with E-state index < -0.39 is 6.10 Å². The van der Waals surface area contributed by atoms with Crippen molar-refractivity contribution in [2.24, 2.45) is 5.92 Å². The Kier molecular flexibility index (Phi) is 8.18. The van der Waals surface area contributed by atoms with Crippen LogP contribution in [0.3, 0.4) is 0 Å². The Morgan fingerprint density at radius 3 is 2.30 bits per heavy atom. The largest absolute Gasteiger partial charge is 0.493 e. The molecule has 0 spiro atoms. The molecule has 1 aliphatic rings. The number of nitrogens with one attached hydrogen (secondary N) is 1. The van der Waals surface area contributed by atoms with Crippen molar-refractivity contribution in [2.45, 2.75) is 25.9 Å². The van der Waals surface area contributed by atoms with Crippen LogP contribution in [-0.4, -0.2) is 68.9 Å². The predicted octanol–water partition coefficient (Wildman–Crippen LogP) is 3.42. The first-order valence-electron chi connectivity index (χ1n) is 12.4. The second-order valence-electron chi connectivity index (χ2n) is 9.41. The molecule has 0 aromatic heterocycles. The summed E-state index contributed by atoms with van der Waals surface area (Å²) in [6.45, 7) is 2.83. The first kappa shape index (κ1) is 26.3. The van der Waals surface area contributed by atoms with Crippen molar-refractivity contribution in [1.82, 2.24) is 10.2 Å². The molecule has 1 aliphatic heterocycles. The molecule has 0 saturated carbocycles. The number of nitrogens with zero attached hydrogens (tertiary/aromatic N) is 1. The van der Waals surface area contributed by atoms with Gasteiger partial charge in [-0.05, 0) is 59.0 Å². The van der Waals surface area contributed by atoms with Crippen molar-refractivity contribution in [3.05, 3.63) is 54.1 Å². The minimum atomic E-state index is -0.589. The van der Waals surface area contributed by atoms with Crippen LogP contribution in [0.25, 0.3) is 21.9 Å². The summed E-state index contributed by atoms with van der Waals surface area (Å²) in [4.78, 5) is 26.9. The number of aliphatic hydroxyl groups excluding tert-OH is 1. The van der Waals surface area contributed by atoms with Crippen LogP contribution in [-0.2, 0) is 16.0 Å². The molecule has 2 unspecified atom stereocenters. The monoisotopic (exact) mass is 506 g/mol. The van der Waals surface area contributed by atoms with E-state index in [1.807, 2.05) is 42.5 Å². The summed E-state index contributed by atoms with van der Waals surface area (Å²) in [5.74, 6) is 1.41. The molecular formula is C29H34N2O6. The van der Waals surface area contributed by atoms with E-state index in [0.29, 0.717) is 36.8 Å². The van der Waals surface area contributed by atoms with Crippen molar-refractivity contribution in [2.75, 3.05) is 41.0 Å². The third-order valence-corrected chi connectivity index (χ3v) is 6.74. The molecule has 1 heterocycles. The molecule has 1 fully saturated rings. The number of likely N-dealkylation sites (tertiary alicyclic amines) is 1. The number of hydrogen-bond acceptors (Lipinski definition) is 6. The summed E-state index contributed by atoms with van der Waals surface area (Å²) in [7, 11) is 4.77. The van der Waals surface area contributed by atoms with Crippen LogP contribution in [0.4, 0.5) is 0 Å². The van der Waals surface area contributed by atoms with Gasteiger partial charge >= 0.3 is 0 Å². The Bertz CT molecular complexity index is 1260. The Labute approximate surface area is 217 Å². The van der Waals surface area contributed by atoms with Crippen LogP contribution < -0.4 is 19.5 Å². The van der Waals surface area contributed by atoms with Gasteiger partial charge in [-0.3, -0.25) is 9.59 Å². The lowest BCUT2D eigenvalue weighted by Crippen LogP contribution is -2.37. The fourth-order valence-electron chi connectivity index (χ4n) is 4.71. The van der Waals surface area contributed by atoms with Gasteiger partial charge in [0.05, 0.1) is 39.8 Å². The highest BCUT2D eigenvalue weighted by molar-refractivity contribution is 5.90. The van der Waals surface area contributed by atoms with Gasteiger partial charge in [0.15, 0.2) is 11.5 Å². The lowest BCUT2D eigenvalue weighted by Gasteiger charge is -2.17. The highest BCUT2D eigenvalue weighted by Crippen LogP contribution is 2.41. The molecule has 2 N–H and O–H groups in total. The van der Waals surface area contributed by atoms with Crippen molar-refractivity contribution >= 4 is 22.6 Å². The maximum atomic E-state index is 12.9. The van der Waals surface area contributed by atoms with Gasteiger partial charge in [0.1, 0.15) is 0 Å². The Morgan fingerprint density at radius 1 is 0.973 bits per heavy atom. The van der Waals surface area contributed by atoms with Crippen LogP contribution >= 0.6 is 0 Å². The van der Waals surface area contributed by atoms with Gasteiger partial charge in [0.25, 0.3) is 0 Å². The van der Waals surface area contributed by atoms with Crippen molar-refractivity contribution in [3.63, 3.8) is 0 Å². The van der Waals surface area contributed by atoms with Crippen molar-refractivity contribution in [1.29, 1.82) is 0 Å². The van der Waals surface area contributed by atoms with Crippen LogP contribution in [0, 0.1) is 5.92 Å². The van der Waals surface area contributed by atoms with Crippen LogP contribution in [0.1, 0.15) is 18.9 Å². The highest BCUT2D eigenvalue weighted by atomic mass is 16.5. The number of methoxy groups -OCH3 is 3. The third-order valence-electron chi connectivity index (χ3n) is 6.74. The van der Waals surface area contributed by atoms with E-state index in [-0.39, 0.29) is 30.7 Å². The smallest absolute Gasteiger partial charge is 0.227 e. The number of ether oxygens (including phenoxy) is 3. The maximum absolute atomic E-state index is 12.9. The third kappa shape index (κ3) is 5.97. The number of fused-ring (bicyclic) bond motifs is 1. The second-order valence-corrected chi connectivity index (χ2v) is 9.41. The molecule has 4 rings (SSSR count). The first-order valence-corrected chi connectivity index (χ1v) is 12.4. The molecule has 37 heavy (non-hydrogen) atoms. The van der Waals surface area contributed by atoms with Gasteiger partial charge in [-0.25, -0.2) is 0 Å². The Hall–Kier alpha value is -3.78. The molecule has 8 heteroatoms. The topological polar surface area (TPSA) is 97.3 Å². The van der Waals surface area contributed by atoms with Gasteiger partial charge in [0, 0.05) is 19.6 Å². The molecule has 0 bridgehead atoms. The zero-order valence-corrected chi connectivity index (χ0v) is 21.7. The molecule has 3 aromatic carbocycles. The molecule has 0 aliphatic carbocycles. The summed E-state index contributed by atoms with van der Waals surface area (Å²) >= 11 is 0. The molecule has 8 nitrogen and oxygen atoms in total. The zero-order chi connectivity index (χ0) is 26.5. The molecular weight excluding hydrogens is 472 g/mol. The highest BCUT2D eigenvalue weighted by Gasteiger charge is 2.31. The van der Waals surface area contributed by atoms with Crippen LogP contribution in [0.5, 0.6) is 17.2 Å². The fraction of sp³-hybridized carbons (Fsp3) is 0.379. The minimum Gasteiger partial charge on any atom is -0.493 e. The average molecular weight is 507 g/mol. The van der Waals surface area contributed by atoms with Gasteiger partial charge in [-0.2, -0.15) is 0 Å². The second kappa shape index (κ2) is 11.5. The van der Waals surface area contributed by atoms with Gasteiger partial charge in [-0.15, -0.1) is 0 Å². The van der Waals surface area contributed by atoms with E-state index in [1.54, 1.807) is 33.2 Å². The van der Waals surface area contributed by atoms with E-state index in [2.05, 4.69) is 11.4 Å². The Balaban J connectivity index is 1.46. The first-order chi connectivity index (χ1) is 17.8. The number of benzene rings is 3. The van der Waals surface area contributed by atoms with Crippen molar-refractivity contribution in [3.8, 4) is 28.4 Å². The summed E-state index contributed by atoms with van der Waals surface area (Å²) in [5.41, 5.74) is 2.88. The lowest BCUT2D eigenvalue weighted by molar-refractivity contribution is -0.130. The minimum absolute atomic E-state index is 0.0132. The number of rotatable bonds is 9. The maximum Gasteiger partial charge on any atom is 0.227 e. The van der Waals surface area contributed by atoms with Crippen LogP contribution in [0.2, 0.25) is 0 Å². The summed E-state index contributed by atoms with van der Waals surface area (Å²) in [6.07, 6.45) is 0.333. The zero-order valence-electron chi connectivity index (χ0n) is 21.7. The number of aliphatic hydroxyl groups is 1. The van der Waals surface area contributed by atoms with Gasteiger partial charge in [0.2, 0.25) is 17.6 Å². The fourth-order valence-corrected chi connectivity index (χ4v) is 4.71. The van der Waals surface area contributed by atoms with Crippen LogP contribution in [0.15, 0.2) is 48.5 Å². The number of carbonyl (C=O) groups excluding carboxylic acids is 2. The molecule has 2 atom stereocenters. The molecule has 1 saturated heterocycles. The van der Waals surface area contributed by atoms with E-state index in [4.69, 9.17) is 14.2 Å². The number of carbonyl (C=O) groups is 2. The summed E-state index contributed by atoms with van der Waals surface area (Å²) in [6, 6.07) is 16.0. The lowest BCUT2D eigenvalue weighted by atomic mass is 9.98. The van der Waals surface area contributed by atoms with Crippen molar-refractivity contribution < 1.29 is 28.9 Å². The normalized spacial score (nSPS) is 15.9. The van der Waals surface area contributed by atoms with Gasteiger partial charge < -0.3 is 29.5 Å². The van der Waals surface area contributed by atoms with E-state index >= 15 is 0 Å². The average Bonchev–Trinajstić information content (AvgIpc) is 3.41. The Morgan fingerprint density at radius 2 is 1.65 bits per heavy atom. The summed E-state index contributed by atoms with van der Waals surface area (Å²) < 4.78 is 16.4. The quantitative estimate of drug-likeness (QED) is 0.462. The van der Waals surface area contributed by atoms with E-state index in [1.165, 1.54) is 0 Å². The predicted molar refractivity (Wildman–Crippen MR) is 142 cm³/mol. The van der Waals surface area contributed by atoms with E-state index in [9.17, 15) is 14.7 Å². The SMILES string of the molecule is COc1cc(-c2ccc3cc(CC(=O)N4CCC(C(=O)NCC(C)O)C4)ccc3c2)cc(OC)c1OC. The number of hydrogen-bond donors (Lipinski definition) is 2. The molecule has 3 aromatic rings. The standard InChI is InChI=1S/C29H34N2O6/c1-18(32)16-30-29(34)23-9-10-31(17-23)27(33)12-19-5-6-21-13-22(8-7-20(21)11-19)24-14-25(35-2)28(37-4)26(15-24)36-3/h5-8,11,13-15,18,23,32H,9-10,12,16-17H2,1-4H3,(H,30,34). The van der Waals surface area contributed by atoms with Gasteiger partial charge in [-0.1, -0.05) is 30.3 Å². The number of amides is 2.